The summed E-state index contributed by atoms with van der Waals surface area (Å²) in [6.07, 6.45) is 2.42. The first-order chi connectivity index (χ1) is 6.26. The Labute approximate surface area is 81.6 Å². The van der Waals surface area contributed by atoms with Crippen LogP contribution in [0.1, 0.15) is 40.5 Å². The zero-order valence-corrected chi connectivity index (χ0v) is 9.30. The average Bonchev–Trinajstić information content (AvgIpc) is 2.65. The van der Waals surface area contributed by atoms with Gasteiger partial charge in [-0.05, 0) is 19.3 Å². The Morgan fingerprint density at radius 3 is 2.62 bits per heavy atom. The van der Waals surface area contributed by atoms with Gasteiger partial charge in [0, 0.05) is 5.92 Å². The lowest BCUT2D eigenvalue weighted by molar-refractivity contribution is -0.181. The quantitative estimate of drug-likeness (QED) is 0.627. The zero-order chi connectivity index (χ0) is 9.90. The molecule has 0 saturated carbocycles. The molecule has 0 N–H and O–H groups in total. The highest BCUT2D eigenvalue weighted by Gasteiger charge is 2.50. The van der Waals surface area contributed by atoms with Crippen molar-refractivity contribution < 1.29 is 9.47 Å². The second kappa shape index (κ2) is 4.43. The first-order valence-corrected chi connectivity index (χ1v) is 5.54. The number of hydrogen-bond acceptors (Lipinski definition) is 2. The summed E-state index contributed by atoms with van der Waals surface area (Å²) in [5.74, 6) is 1.18. The molecule has 0 amide bonds. The van der Waals surface area contributed by atoms with Crippen molar-refractivity contribution in [2.24, 2.45) is 11.8 Å². The molecule has 78 valence electrons. The minimum atomic E-state index is -0.222. The van der Waals surface area contributed by atoms with Gasteiger partial charge in [0.25, 0.3) is 0 Å². The molecule has 2 heterocycles. The number of hydrogen-bond donors (Lipinski definition) is 0. The van der Waals surface area contributed by atoms with E-state index in [1.807, 2.05) is 13.8 Å². The van der Waals surface area contributed by atoms with Crippen molar-refractivity contribution in [3.8, 4) is 0 Å². The number of fused-ring (bicyclic) bond motifs is 1. The second-order valence-electron chi connectivity index (χ2n) is 3.74. The highest BCUT2D eigenvalue weighted by atomic mass is 16.7. The summed E-state index contributed by atoms with van der Waals surface area (Å²) in [7, 11) is 0. The molecule has 0 spiro atoms. The predicted octanol–water partition coefficient (Wildman–Crippen LogP) is 2.82. The van der Waals surface area contributed by atoms with Gasteiger partial charge in [0.1, 0.15) is 0 Å². The Balaban J connectivity index is 0.000000396. The van der Waals surface area contributed by atoms with E-state index in [1.54, 1.807) is 0 Å². The molecule has 1 unspecified atom stereocenters. The summed E-state index contributed by atoms with van der Waals surface area (Å²) in [6.45, 7) is 10.1. The fourth-order valence-electron chi connectivity index (χ4n) is 2.36. The van der Waals surface area contributed by atoms with Crippen LogP contribution in [0.4, 0.5) is 0 Å². The maximum absolute atomic E-state index is 5.65. The third kappa shape index (κ3) is 1.89. The summed E-state index contributed by atoms with van der Waals surface area (Å²) in [5.41, 5.74) is 0. The molecule has 3 atom stereocenters. The van der Waals surface area contributed by atoms with Crippen molar-refractivity contribution in [1.29, 1.82) is 0 Å². The topological polar surface area (TPSA) is 18.5 Å². The monoisotopic (exact) mass is 186 g/mol. The molecule has 2 aliphatic rings. The van der Waals surface area contributed by atoms with E-state index in [9.17, 15) is 0 Å². The van der Waals surface area contributed by atoms with Crippen molar-refractivity contribution in [1.82, 2.24) is 0 Å². The van der Waals surface area contributed by atoms with E-state index in [4.69, 9.17) is 9.47 Å². The SMILES string of the molecule is CC.CCC1CO[C@]2(C)OCC[C@H]12. The third-order valence-electron chi connectivity index (χ3n) is 3.17. The van der Waals surface area contributed by atoms with Crippen molar-refractivity contribution in [2.75, 3.05) is 13.2 Å². The zero-order valence-electron chi connectivity index (χ0n) is 9.30. The van der Waals surface area contributed by atoms with Gasteiger partial charge in [0.2, 0.25) is 0 Å². The van der Waals surface area contributed by atoms with Crippen molar-refractivity contribution in [3.63, 3.8) is 0 Å². The van der Waals surface area contributed by atoms with E-state index < -0.39 is 0 Å². The highest BCUT2D eigenvalue weighted by molar-refractivity contribution is 4.90. The van der Waals surface area contributed by atoms with E-state index in [0.717, 1.165) is 19.1 Å². The van der Waals surface area contributed by atoms with Crippen LogP contribution >= 0.6 is 0 Å². The largest absolute Gasteiger partial charge is 0.350 e. The summed E-state index contributed by atoms with van der Waals surface area (Å²) in [4.78, 5) is 0. The lowest BCUT2D eigenvalue weighted by atomic mass is 9.87. The normalized spacial score (nSPS) is 42.5. The van der Waals surface area contributed by atoms with E-state index in [-0.39, 0.29) is 5.79 Å². The maximum Gasteiger partial charge on any atom is 0.168 e. The first kappa shape index (κ1) is 11.0. The molecule has 0 aliphatic carbocycles. The maximum atomic E-state index is 5.65. The molecule has 2 fully saturated rings. The fraction of sp³-hybridized carbons (Fsp3) is 1.00. The lowest BCUT2D eigenvalue weighted by Crippen LogP contribution is -2.29. The highest BCUT2D eigenvalue weighted by Crippen LogP contribution is 2.44. The fourth-order valence-corrected chi connectivity index (χ4v) is 2.36. The van der Waals surface area contributed by atoms with Gasteiger partial charge in [-0.3, -0.25) is 0 Å². The summed E-state index contributed by atoms with van der Waals surface area (Å²) >= 11 is 0. The smallest absolute Gasteiger partial charge is 0.168 e. The van der Waals surface area contributed by atoms with Gasteiger partial charge in [-0.15, -0.1) is 0 Å². The summed E-state index contributed by atoms with van der Waals surface area (Å²) in [5, 5.41) is 0. The third-order valence-corrected chi connectivity index (χ3v) is 3.17. The van der Waals surface area contributed by atoms with Crippen LogP contribution in [0, 0.1) is 11.8 Å². The van der Waals surface area contributed by atoms with Crippen LogP contribution in [0.25, 0.3) is 0 Å². The van der Waals surface area contributed by atoms with Gasteiger partial charge in [-0.2, -0.15) is 0 Å². The average molecular weight is 186 g/mol. The molecule has 13 heavy (non-hydrogen) atoms. The van der Waals surface area contributed by atoms with Crippen LogP contribution in [-0.2, 0) is 9.47 Å². The van der Waals surface area contributed by atoms with Crippen LogP contribution in [0.15, 0.2) is 0 Å². The van der Waals surface area contributed by atoms with Crippen molar-refractivity contribution in [2.45, 2.75) is 46.3 Å². The van der Waals surface area contributed by atoms with Crippen LogP contribution in [0.5, 0.6) is 0 Å². The van der Waals surface area contributed by atoms with Gasteiger partial charge >= 0.3 is 0 Å². The summed E-state index contributed by atoms with van der Waals surface area (Å²) in [6, 6.07) is 0. The van der Waals surface area contributed by atoms with Gasteiger partial charge in [-0.1, -0.05) is 27.2 Å². The molecular weight excluding hydrogens is 164 g/mol. The van der Waals surface area contributed by atoms with Crippen molar-refractivity contribution in [3.05, 3.63) is 0 Å². The van der Waals surface area contributed by atoms with E-state index in [1.165, 1.54) is 12.8 Å². The molecule has 0 aromatic carbocycles. The Bertz CT molecular complexity index is 158. The number of rotatable bonds is 1. The lowest BCUT2D eigenvalue weighted by Gasteiger charge is -2.22. The molecule has 0 aromatic heterocycles. The molecule has 2 rings (SSSR count). The van der Waals surface area contributed by atoms with Gasteiger partial charge in [0.15, 0.2) is 5.79 Å². The van der Waals surface area contributed by atoms with Crippen LogP contribution in [0.3, 0.4) is 0 Å². The van der Waals surface area contributed by atoms with E-state index in [0.29, 0.717) is 5.92 Å². The minimum Gasteiger partial charge on any atom is -0.350 e. The molecule has 0 aromatic rings. The first-order valence-electron chi connectivity index (χ1n) is 5.54. The number of ether oxygens (including phenoxy) is 2. The Morgan fingerprint density at radius 2 is 2.00 bits per heavy atom. The van der Waals surface area contributed by atoms with Gasteiger partial charge < -0.3 is 9.47 Å². The van der Waals surface area contributed by atoms with Gasteiger partial charge in [-0.25, -0.2) is 0 Å². The van der Waals surface area contributed by atoms with Crippen LogP contribution in [0.2, 0.25) is 0 Å². The van der Waals surface area contributed by atoms with Gasteiger partial charge in [0.05, 0.1) is 13.2 Å². The van der Waals surface area contributed by atoms with Crippen molar-refractivity contribution >= 4 is 0 Å². The Hall–Kier alpha value is -0.0800. The molecule has 2 nitrogen and oxygen atoms in total. The molecular formula is C11H22O2. The summed E-state index contributed by atoms with van der Waals surface area (Å²) < 4.78 is 11.2. The predicted molar refractivity (Wildman–Crippen MR) is 53.5 cm³/mol. The molecule has 2 aliphatic heterocycles. The van der Waals surface area contributed by atoms with E-state index >= 15 is 0 Å². The standard InChI is InChI=1S/C9H16O2.C2H6/c1-3-7-6-11-9(2)8(7)4-5-10-9;1-2/h7-8H,3-6H2,1-2H3;1-2H3/t7?,8-,9+;/m1./s1. The van der Waals surface area contributed by atoms with Crippen LogP contribution < -0.4 is 0 Å². The Kier molecular flexibility index (Phi) is 3.74. The minimum absolute atomic E-state index is 0.222. The van der Waals surface area contributed by atoms with E-state index in [2.05, 4.69) is 13.8 Å². The van der Waals surface area contributed by atoms with Crippen LogP contribution in [-0.4, -0.2) is 19.0 Å². The molecule has 0 radical (unpaired) electrons. The molecule has 0 bridgehead atoms. The Morgan fingerprint density at radius 1 is 1.31 bits per heavy atom. The molecule has 2 heteroatoms. The molecule has 2 saturated heterocycles. The second-order valence-corrected chi connectivity index (χ2v) is 3.74.